The Bertz CT molecular complexity index is 401. The summed E-state index contributed by atoms with van der Waals surface area (Å²) < 4.78 is 5.32. The van der Waals surface area contributed by atoms with Gasteiger partial charge in [0.15, 0.2) is 11.6 Å². The number of aromatic nitrogens is 2. The second-order valence-corrected chi connectivity index (χ2v) is 5.28. The van der Waals surface area contributed by atoms with Gasteiger partial charge in [0.25, 0.3) is 0 Å². The van der Waals surface area contributed by atoms with Gasteiger partial charge in [0.1, 0.15) is 6.33 Å². The predicted molar refractivity (Wildman–Crippen MR) is 80.2 cm³/mol. The van der Waals surface area contributed by atoms with Crippen LogP contribution >= 0.6 is 11.8 Å². The second kappa shape index (κ2) is 7.40. The maximum Gasteiger partial charge on any atom is 0.204 e. The molecule has 0 aromatic carbocycles. The van der Waals surface area contributed by atoms with Crippen molar-refractivity contribution in [1.29, 1.82) is 0 Å². The summed E-state index contributed by atoms with van der Waals surface area (Å²) in [7, 11) is 1.57. The van der Waals surface area contributed by atoms with Crippen molar-refractivity contribution in [3.8, 4) is 5.75 Å². The molecule has 0 fully saturated rings. The third-order valence-corrected chi connectivity index (χ3v) is 3.35. The molecular weight excluding hydrogens is 264 g/mol. The van der Waals surface area contributed by atoms with Gasteiger partial charge in [0.2, 0.25) is 5.75 Å². The Morgan fingerprint density at radius 2 is 2.00 bits per heavy atom. The van der Waals surface area contributed by atoms with Crippen LogP contribution in [0, 0.1) is 0 Å². The summed E-state index contributed by atoms with van der Waals surface area (Å²) in [6.45, 7) is 4.91. The van der Waals surface area contributed by atoms with E-state index in [2.05, 4.69) is 20.6 Å². The molecule has 0 bridgehead atoms. The van der Waals surface area contributed by atoms with Crippen LogP contribution in [0.4, 0.5) is 11.6 Å². The van der Waals surface area contributed by atoms with E-state index < -0.39 is 5.60 Å². The molecule has 1 heterocycles. The molecule has 0 saturated carbocycles. The fraction of sp³-hybridized carbons (Fsp3) is 0.667. The van der Waals surface area contributed by atoms with Crippen molar-refractivity contribution in [1.82, 2.24) is 9.97 Å². The van der Waals surface area contributed by atoms with Gasteiger partial charge in [0, 0.05) is 18.8 Å². The molecular formula is C12H22N4O2S. The molecule has 0 radical (unpaired) electrons. The Morgan fingerprint density at radius 3 is 2.53 bits per heavy atom. The van der Waals surface area contributed by atoms with E-state index in [1.54, 1.807) is 25.8 Å². The Labute approximate surface area is 118 Å². The molecule has 0 amide bonds. The molecule has 1 aromatic heterocycles. The average molecular weight is 286 g/mol. The number of methoxy groups -OCH3 is 1. The first-order valence-corrected chi connectivity index (χ1v) is 7.51. The van der Waals surface area contributed by atoms with Gasteiger partial charge in [-0.3, -0.25) is 0 Å². The first-order chi connectivity index (χ1) is 9.04. The van der Waals surface area contributed by atoms with Crippen molar-refractivity contribution in [2.45, 2.75) is 19.4 Å². The number of ether oxygens (including phenoxy) is 1. The zero-order valence-electron chi connectivity index (χ0n) is 11.9. The molecule has 7 heteroatoms. The van der Waals surface area contributed by atoms with Crippen molar-refractivity contribution >= 4 is 23.4 Å². The standard InChI is InChI=1S/C12H22N4O2S/c1-5-13-10-9(18-3)11(16-8-15-10)14-6-12(2,17)7-19-4/h8,17H,5-7H2,1-4H3,(H2,13,14,15,16). The van der Waals surface area contributed by atoms with E-state index in [1.165, 1.54) is 6.33 Å². The predicted octanol–water partition coefficient (Wildman–Crippen LogP) is 1.44. The SMILES string of the molecule is CCNc1ncnc(NCC(C)(O)CSC)c1OC. The van der Waals surface area contributed by atoms with Gasteiger partial charge in [-0.25, -0.2) is 9.97 Å². The number of thioether (sulfide) groups is 1. The number of aliphatic hydroxyl groups is 1. The quantitative estimate of drug-likeness (QED) is 0.667. The smallest absolute Gasteiger partial charge is 0.204 e. The van der Waals surface area contributed by atoms with Crippen molar-refractivity contribution in [3.05, 3.63) is 6.33 Å². The molecule has 19 heavy (non-hydrogen) atoms. The summed E-state index contributed by atoms with van der Waals surface area (Å²) in [5, 5.41) is 16.3. The summed E-state index contributed by atoms with van der Waals surface area (Å²) in [5.41, 5.74) is -0.798. The van der Waals surface area contributed by atoms with E-state index >= 15 is 0 Å². The highest BCUT2D eigenvalue weighted by atomic mass is 32.2. The summed E-state index contributed by atoms with van der Waals surface area (Å²) in [5.74, 6) is 2.43. The van der Waals surface area contributed by atoms with E-state index in [9.17, 15) is 5.11 Å². The maximum atomic E-state index is 10.1. The van der Waals surface area contributed by atoms with Crippen LogP contribution in [0.5, 0.6) is 5.75 Å². The molecule has 0 spiro atoms. The van der Waals surface area contributed by atoms with E-state index in [4.69, 9.17) is 4.74 Å². The molecule has 1 atom stereocenters. The lowest BCUT2D eigenvalue weighted by atomic mass is 10.1. The van der Waals surface area contributed by atoms with Crippen LogP contribution in [-0.2, 0) is 0 Å². The van der Waals surface area contributed by atoms with Crippen molar-refractivity contribution in [3.63, 3.8) is 0 Å². The molecule has 0 aliphatic carbocycles. The fourth-order valence-electron chi connectivity index (χ4n) is 1.62. The van der Waals surface area contributed by atoms with E-state index in [0.29, 0.717) is 29.7 Å². The zero-order valence-corrected chi connectivity index (χ0v) is 12.7. The lowest BCUT2D eigenvalue weighted by Gasteiger charge is -2.23. The van der Waals surface area contributed by atoms with Crippen LogP contribution in [0.25, 0.3) is 0 Å². The molecule has 108 valence electrons. The third kappa shape index (κ3) is 4.76. The van der Waals surface area contributed by atoms with Gasteiger partial charge in [-0.05, 0) is 20.1 Å². The molecule has 0 saturated heterocycles. The molecule has 3 N–H and O–H groups in total. The summed E-state index contributed by atoms with van der Waals surface area (Å²) in [4.78, 5) is 8.28. The van der Waals surface area contributed by atoms with E-state index in [-0.39, 0.29) is 0 Å². The number of nitrogens with zero attached hydrogens (tertiary/aromatic N) is 2. The van der Waals surface area contributed by atoms with Gasteiger partial charge in [0.05, 0.1) is 12.7 Å². The van der Waals surface area contributed by atoms with Crippen molar-refractivity contribution in [2.24, 2.45) is 0 Å². The number of nitrogens with one attached hydrogen (secondary N) is 2. The van der Waals surface area contributed by atoms with Gasteiger partial charge in [-0.1, -0.05) is 0 Å². The summed E-state index contributed by atoms with van der Waals surface area (Å²) in [6.07, 6.45) is 3.43. The minimum atomic E-state index is -0.798. The number of anilines is 2. The fourth-order valence-corrected chi connectivity index (χ4v) is 2.35. The van der Waals surface area contributed by atoms with Gasteiger partial charge < -0.3 is 20.5 Å². The summed E-state index contributed by atoms with van der Waals surface area (Å²) >= 11 is 1.60. The van der Waals surface area contributed by atoms with Crippen LogP contribution in [0.15, 0.2) is 6.33 Å². The molecule has 0 aliphatic rings. The van der Waals surface area contributed by atoms with E-state index in [0.717, 1.165) is 6.54 Å². The maximum absolute atomic E-state index is 10.1. The normalized spacial score (nSPS) is 13.7. The van der Waals surface area contributed by atoms with Crippen molar-refractivity contribution in [2.75, 3.05) is 42.8 Å². The lowest BCUT2D eigenvalue weighted by molar-refractivity contribution is 0.0995. The number of hydrogen-bond donors (Lipinski definition) is 3. The monoisotopic (exact) mass is 286 g/mol. The average Bonchev–Trinajstić information content (AvgIpc) is 2.37. The Kier molecular flexibility index (Phi) is 6.17. The van der Waals surface area contributed by atoms with Gasteiger partial charge in [-0.15, -0.1) is 0 Å². The van der Waals surface area contributed by atoms with Crippen LogP contribution in [0.3, 0.4) is 0 Å². The topological polar surface area (TPSA) is 79.3 Å². The third-order valence-electron chi connectivity index (χ3n) is 2.44. The molecule has 1 rings (SSSR count). The zero-order chi connectivity index (χ0) is 14.3. The molecule has 6 nitrogen and oxygen atoms in total. The van der Waals surface area contributed by atoms with E-state index in [1.807, 2.05) is 13.2 Å². The number of rotatable bonds is 8. The molecule has 0 aliphatic heterocycles. The van der Waals surface area contributed by atoms with Gasteiger partial charge in [-0.2, -0.15) is 11.8 Å². The lowest BCUT2D eigenvalue weighted by Crippen LogP contribution is -2.36. The second-order valence-electron chi connectivity index (χ2n) is 4.42. The largest absolute Gasteiger partial charge is 0.490 e. The number of hydrogen-bond acceptors (Lipinski definition) is 7. The van der Waals surface area contributed by atoms with Gasteiger partial charge >= 0.3 is 0 Å². The molecule has 1 unspecified atom stereocenters. The van der Waals surface area contributed by atoms with Crippen LogP contribution < -0.4 is 15.4 Å². The minimum absolute atomic E-state index is 0.396. The Balaban J connectivity index is 2.80. The van der Waals surface area contributed by atoms with Crippen molar-refractivity contribution < 1.29 is 9.84 Å². The van der Waals surface area contributed by atoms with Crippen LogP contribution in [0.1, 0.15) is 13.8 Å². The Morgan fingerprint density at radius 1 is 1.37 bits per heavy atom. The highest BCUT2D eigenvalue weighted by Gasteiger charge is 2.21. The first kappa shape index (κ1) is 15.8. The molecule has 1 aromatic rings. The highest BCUT2D eigenvalue weighted by molar-refractivity contribution is 7.98. The highest BCUT2D eigenvalue weighted by Crippen LogP contribution is 2.29. The summed E-state index contributed by atoms with van der Waals surface area (Å²) in [6, 6.07) is 0. The first-order valence-electron chi connectivity index (χ1n) is 6.12. The van der Waals surface area contributed by atoms with Crippen LogP contribution in [0.2, 0.25) is 0 Å². The Hall–Kier alpha value is -1.21. The van der Waals surface area contributed by atoms with Crippen LogP contribution in [-0.4, -0.2) is 52.9 Å². The minimum Gasteiger partial charge on any atom is -0.490 e.